The van der Waals surface area contributed by atoms with Crippen molar-refractivity contribution in [2.24, 2.45) is 0 Å². The standard InChI is InChI=1S/C20H23N3O3S3/c1-5-23(6-2)29(25,26)15-10-13(3)14(4)16(11-15)21-19(24)17-12-28-20(22-17)18-8-7-9-27-18/h7-12H,5-6H2,1-4H3,(H,21,24). The van der Waals surface area contributed by atoms with Crippen LogP contribution in [0.2, 0.25) is 0 Å². The Bertz CT molecular complexity index is 1120. The molecule has 0 fully saturated rings. The van der Waals surface area contributed by atoms with E-state index in [0.29, 0.717) is 24.5 Å². The normalized spacial score (nSPS) is 11.8. The molecule has 2 heterocycles. The number of thiophene rings is 1. The van der Waals surface area contributed by atoms with Crippen LogP contribution in [0.4, 0.5) is 5.69 Å². The zero-order chi connectivity index (χ0) is 21.2. The molecule has 1 amide bonds. The van der Waals surface area contributed by atoms with Crippen LogP contribution in [0.25, 0.3) is 9.88 Å². The minimum absolute atomic E-state index is 0.178. The lowest BCUT2D eigenvalue weighted by atomic mass is 10.1. The van der Waals surface area contributed by atoms with Crippen molar-refractivity contribution >= 4 is 44.3 Å². The Kier molecular flexibility index (Phi) is 6.52. The number of thiazole rings is 1. The van der Waals surface area contributed by atoms with Gasteiger partial charge in [0.2, 0.25) is 10.0 Å². The van der Waals surface area contributed by atoms with Crippen molar-refractivity contribution < 1.29 is 13.2 Å². The van der Waals surface area contributed by atoms with Gasteiger partial charge in [-0.15, -0.1) is 22.7 Å². The Morgan fingerprint density at radius 3 is 2.52 bits per heavy atom. The third-order valence-electron chi connectivity index (χ3n) is 4.70. The van der Waals surface area contributed by atoms with E-state index in [2.05, 4.69) is 10.3 Å². The number of aromatic nitrogens is 1. The number of rotatable bonds is 7. The van der Waals surface area contributed by atoms with Crippen molar-refractivity contribution in [3.8, 4) is 9.88 Å². The number of carbonyl (C=O) groups is 1. The van der Waals surface area contributed by atoms with Crippen molar-refractivity contribution in [2.45, 2.75) is 32.6 Å². The van der Waals surface area contributed by atoms with Gasteiger partial charge >= 0.3 is 0 Å². The highest BCUT2D eigenvalue weighted by Gasteiger charge is 2.24. The fraction of sp³-hybridized carbons (Fsp3) is 0.300. The molecule has 0 aliphatic rings. The fourth-order valence-corrected chi connectivity index (χ4v) is 6.08. The molecule has 0 aliphatic carbocycles. The molecule has 0 saturated carbocycles. The average molecular weight is 450 g/mol. The summed E-state index contributed by atoms with van der Waals surface area (Å²) in [6.07, 6.45) is 0. The van der Waals surface area contributed by atoms with Crippen LogP contribution in [-0.2, 0) is 10.0 Å². The first kappa shape index (κ1) is 21.6. The second-order valence-corrected chi connectivity index (χ2v) is 10.2. The molecule has 6 nitrogen and oxygen atoms in total. The van der Waals surface area contributed by atoms with Gasteiger partial charge in [-0.05, 0) is 48.6 Å². The van der Waals surface area contributed by atoms with Crippen molar-refractivity contribution in [3.63, 3.8) is 0 Å². The number of hydrogen-bond acceptors (Lipinski definition) is 6. The summed E-state index contributed by atoms with van der Waals surface area (Å²) in [4.78, 5) is 18.3. The second-order valence-electron chi connectivity index (χ2n) is 6.47. The van der Waals surface area contributed by atoms with E-state index in [0.717, 1.165) is 21.0 Å². The summed E-state index contributed by atoms with van der Waals surface area (Å²) in [5.41, 5.74) is 2.41. The topological polar surface area (TPSA) is 79.4 Å². The van der Waals surface area contributed by atoms with Crippen LogP contribution in [0.15, 0.2) is 39.9 Å². The summed E-state index contributed by atoms with van der Waals surface area (Å²) in [6.45, 7) is 8.08. The van der Waals surface area contributed by atoms with E-state index in [1.807, 2.05) is 31.4 Å². The number of sulfonamides is 1. The van der Waals surface area contributed by atoms with Crippen LogP contribution in [0.1, 0.15) is 35.5 Å². The lowest BCUT2D eigenvalue weighted by molar-refractivity contribution is 0.102. The van der Waals surface area contributed by atoms with E-state index in [1.54, 1.807) is 36.6 Å². The summed E-state index contributed by atoms with van der Waals surface area (Å²) in [6, 6.07) is 7.08. The number of benzene rings is 1. The van der Waals surface area contributed by atoms with Gasteiger partial charge in [0, 0.05) is 24.2 Å². The molecule has 0 spiro atoms. The van der Waals surface area contributed by atoms with E-state index in [1.165, 1.54) is 21.7 Å². The van der Waals surface area contributed by atoms with Gasteiger partial charge in [-0.3, -0.25) is 4.79 Å². The number of aryl methyl sites for hydroxylation is 1. The lowest BCUT2D eigenvalue weighted by Gasteiger charge is -2.20. The van der Waals surface area contributed by atoms with Crippen LogP contribution in [0, 0.1) is 13.8 Å². The first-order chi connectivity index (χ1) is 13.8. The Morgan fingerprint density at radius 1 is 1.17 bits per heavy atom. The van der Waals surface area contributed by atoms with Gasteiger partial charge in [0.25, 0.3) is 5.91 Å². The van der Waals surface area contributed by atoms with E-state index >= 15 is 0 Å². The van der Waals surface area contributed by atoms with Crippen molar-refractivity contribution in [1.82, 2.24) is 9.29 Å². The van der Waals surface area contributed by atoms with Gasteiger partial charge in [-0.1, -0.05) is 19.9 Å². The van der Waals surface area contributed by atoms with Crippen molar-refractivity contribution in [2.75, 3.05) is 18.4 Å². The summed E-state index contributed by atoms with van der Waals surface area (Å²) < 4.78 is 27.2. The lowest BCUT2D eigenvalue weighted by Crippen LogP contribution is -2.30. The molecule has 154 valence electrons. The quantitative estimate of drug-likeness (QED) is 0.563. The first-order valence-corrected chi connectivity index (χ1v) is 12.4. The van der Waals surface area contributed by atoms with Crippen LogP contribution in [-0.4, -0.2) is 36.7 Å². The Balaban J connectivity index is 1.91. The molecular formula is C20H23N3O3S3. The maximum atomic E-state index is 12.9. The molecule has 29 heavy (non-hydrogen) atoms. The van der Waals surface area contributed by atoms with Crippen molar-refractivity contribution in [3.05, 3.63) is 51.8 Å². The minimum atomic E-state index is -3.62. The molecule has 0 aliphatic heterocycles. The zero-order valence-corrected chi connectivity index (χ0v) is 19.2. The highest BCUT2D eigenvalue weighted by atomic mass is 32.2. The SMILES string of the molecule is CCN(CC)S(=O)(=O)c1cc(C)c(C)c(NC(=O)c2csc(-c3cccs3)n2)c1. The molecule has 0 radical (unpaired) electrons. The number of anilines is 1. The Morgan fingerprint density at radius 2 is 1.90 bits per heavy atom. The molecule has 0 saturated heterocycles. The second kappa shape index (κ2) is 8.74. The molecule has 3 aromatic rings. The molecular weight excluding hydrogens is 426 g/mol. The number of nitrogens with one attached hydrogen (secondary N) is 1. The van der Waals surface area contributed by atoms with Crippen LogP contribution in [0.3, 0.4) is 0 Å². The highest BCUT2D eigenvalue weighted by molar-refractivity contribution is 7.89. The smallest absolute Gasteiger partial charge is 0.275 e. The summed E-state index contributed by atoms with van der Waals surface area (Å²) in [5.74, 6) is -0.357. The monoisotopic (exact) mass is 449 g/mol. The molecule has 3 rings (SSSR count). The molecule has 0 atom stereocenters. The van der Waals surface area contributed by atoms with E-state index in [9.17, 15) is 13.2 Å². The van der Waals surface area contributed by atoms with Crippen LogP contribution in [0.5, 0.6) is 0 Å². The van der Waals surface area contributed by atoms with Crippen molar-refractivity contribution in [1.29, 1.82) is 0 Å². The minimum Gasteiger partial charge on any atom is -0.320 e. The van der Waals surface area contributed by atoms with Gasteiger partial charge in [-0.25, -0.2) is 13.4 Å². The summed E-state index contributed by atoms with van der Waals surface area (Å²) >= 11 is 2.97. The van der Waals surface area contributed by atoms with Crippen LogP contribution < -0.4 is 5.32 Å². The first-order valence-electron chi connectivity index (χ1n) is 9.20. The zero-order valence-electron chi connectivity index (χ0n) is 16.7. The molecule has 2 aromatic heterocycles. The van der Waals surface area contributed by atoms with E-state index in [4.69, 9.17) is 0 Å². The maximum absolute atomic E-state index is 12.9. The Labute approximate surface area is 179 Å². The largest absolute Gasteiger partial charge is 0.320 e. The third kappa shape index (κ3) is 4.42. The maximum Gasteiger partial charge on any atom is 0.275 e. The predicted octanol–water partition coefficient (Wildman–Crippen LogP) is 4.77. The molecule has 9 heteroatoms. The van der Waals surface area contributed by atoms with Gasteiger partial charge in [0.15, 0.2) is 0 Å². The molecule has 0 unspecified atom stereocenters. The summed E-state index contributed by atoms with van der Waals surface area (Å²) in [7, 11) is -3.62. The summed E-state index contributed by atoms with van der Waals surface area (Å²) in [5, 5.41) is 7.30. The number of carbonyl (C=O) groups excluding carboxylic acids is 1. The molecule has 1 N–H and O–H groups in total. The fourth-order valence-electron chi connectivity index (χ4n) is 2.90. The number of hydrogen-bond donors (Lipinski definition) is 1. The highest BCUT2D eigenvalue weighted by Crippen LogP contribution is 2.29. The van der Waals surface area contributed by atoms with Gasteiger partial charge < -0.3 is 5.32 Å². The van der Waals surface area contributed by atoms with Gasteiger partial charge in [0.05, 0.1) is 9.77 Å². The number of nitrogens with zero attached hydrogens (tertiary/aromatic N) is 2. The average Bonchev–Trinajstić information content (AvgIpc) is 3.37. The van der Waals surface area contributed by atoms with Gasteiger partial charge in [-0.2, -0.15) is 4.31 Å². The molecule has 1 aromatic carbocycles. The number of amides is 1. The van der Waals surface area contributed by atoms with Gasteiger partial charge in [0.1, 0.15) is 10.7 Å². The van der Waals surface area contributed by atoms with E-state index in [-0.39, 0.29) is 10.8 Å². The van der Waals surface area contributed by atoms with Crippen LogP contribution >= 0.6 is 22.7 Å². The molecule has 0 bridgehead atoms. The predicted molar refractivity (Wildman–Crippen MR) is 119 cm³/mol. The van der Waals surface area contributed by atoms with E-state index < -0.39 is 10.0 Å². The Hall–Kier alpha value is -2.07. The third-order valence-corrected chi connectivity index (χ3v) is 8.61.